The summed E-state index contributed by atoms with van der Waals surface area (Å²) in [5.41, 5.74) is 3.22. The third-order valence-electron chi connectivity index (χ3n) is 3.12. The number of fused-ring (bicyclic) bond motifs is 1. The first-order valence-electron chi connectivity index (χ1n) is 6.01. The van der Waals surface area contributed by atoms with E-state index in [1.54, 1.807) is 12.1 Å². The second-order valence-corrected chi connectivity index (χ2v) is 4.87. The molecule has 1 N–H and O–H groups in total. The Morgan fingerprint density at radius 1 is 1.00 bits per heavy atom. The second-order valence-electron chi connectivity index (χ2n) is 4.46. The lowest BCUT2D eigenvalue weighted by Crippen LogP contribution is -1.89. The molecule has 94 valence electrons. The standard InChI is InChI=1S/C16H12ClNO/c1-10-6-7-11-8-9-13(17)15(16(11)18-10)12-4-2-3-5-14(12)19/h2-9,19H,1H3. The summed E-state index contributed by atoms with van der Waals surface area (Å²) in [6.07, 6.45) is 0. The van der Waals surface area contributed by atoms with E-state index >= 15 is 0 Å². The number of aryl methyl sites for hydroxylation is 1. The third-order valence-corrected chi connectivity index (χ3v) is 3.44. The van der Waals surface area contributed by atoms with Gasteiger partial charge in [0.2, 0.25) is 0 Å². The molecule has 1 heterocycles. The van der Waals surface area contributed by atoms with Crippen molar-refractivity contribution >= 4 is 22.5 Å². The van der Waals surface area contributed by atoms with Crippen LogP contribution in [0.5, 0.6) is 5.75 Å². The number of pyridine rings is 1. The number of rotatable bonds is 1. The van der Waals surface area contributed by atoms with E-state index in [1.165, 1.54) is 0 Å². The van der Waals surface area contributed by atoms with E-state index in [0.717, 1.165) is 22.2 Å². The number of phenolic OH excluding ortho intramolecular Hbond substituents is 1. The van der Waals surface area contributed by atoms with Gasteiger partial charge in [0, 0.05) is 22.2 Å². The summed E-state index contributed by atoms with van der Waals surface area (Å²) >= 11 is 6.31. The number of aromatic hydroxyl groups is 1. The van der Waals surface area contributed by atoms with Crippen LogP contribution >= 0.6 is 11.6 Å². The zero-order valence-corrected chi connectivity index (χ0v) is 11.1. The maximum absolute atomic E-state index is 10.0. The molecule has 0 atom stereocenters. The molecular weight excluding hydrogens is 258 g/mol. The van der Waals surface area contributed by atoms with Crippen LogP contribution in [0.15, 0.2) is 48.5 Å². The number of para-hydroxylation sites is 1. The predicted molar refractivity (Wildman–Crippen MR) is 78.6 cm³/mol. The van der Waals surface area contributed by atoms with Gasteiger partial charge < -0.3 is 5.11 Å². The van der Waals surface area contributed by atoms with E-state index < -0.39 is 0 Å². The third kappa shape index (κ3) is 2.04. The maximum atomic E-state index is 10.0. The number of hydrogen-bond acceptors (Lipinski definition) is 2. The zero-order chi connectivity index (χ0) is 13.4. The molecule has 19 heavy (non-hydrogen) atoms. The van der Waals surface area contributed by atoms with E-state index in [4.69, 9.17) is 11.6 Å². The van der Waals surface area contributed by atoms with Crippen LogP contribution in [0.4, 0.5) is 0 Å². The molecule has 3 aromatic rings. The normalized spacial score (nSPS) is 10.8. The Balaban J connectivity index is 2.43. The van der Waals surface area contributed by atoms with Crippen LogP contribution in [-0.4, -0.2) is 10.1 Å². The summed E-state index contributed by atoms with van der Waals surface area (Å²) in [6.45, 7) is 1.94. The molecule has 3 heteroatoms. The minimum Gasteiger partial charge on any atom is -0.507 e. The Hall–Kier alpha value is -2.06. The largest absolute Gasteiger partial charge is 0.507 e. The minimum atomic E-state index is 0.209. The number of phenols is 1. The number of aromatic nitrogens is 1. The fourth-order valence-corrected chi connectivity index (χ4v) is 2.46. The molecule has 0 bridgehead atoms. The van der Waals surface area contributed by atoms with Gasteiger partial charge in [-0.15, -0.1) is 0 Å². The highest BCUT2D eigenvalue weighted by Crippen LogP contribution is 2.38. The van der Waals surface area contributed by atoms with E-state index in [1.807, 2.05) is 43.3 Å². The zero-order valence-electron chi connectivity index (χ0n) is 10.4. The molecule has 0 unspecified atom stereocenters. The molecule has 1 aromatic heterocycles. The molecule has 0 amide bonds. The summed E-state index contributed by atoms with van der Waals surface area (Å²) < 4.78 is 0. The molecule has 0 fully saturated rings. The van der Waals surface area contributed by atoms with Crippen LogP contribution in [0, 0.1) is 6.92 Å². The Kier molecular flexibility index (Phi) is 2.88. The van der Waals surface area contributed by atoms with Gasteiger partial charge in [-0.05, 0) is 25.1 Å². The molecule has 0 saturated carbocycles. The fraction of sp³-hybridized carbons (Fsp3) is 0.0625. The first kappa shape index (κ1) is 12.0. The topological polar surface area (TPSA) is 33.1 Å². The van der Waals surface area contributed by atoms with Crippen LogP contribution < -0.4 is 0 Å². The summed E-state index contributed by atoms with van der Waals surface area (Å²) in [4.78, 5) is 4.56. The Labute approximate surface area is 116 Å². The highest BCUT2D eigenvalue weighted by Gasteiger charge is 2.13. The average Bonchev–Trinajstić information content (AvgIpc) is 2.40. The monoisotopic (exact) mass is 269 g/mol. The molecule has 0 spiro atoms. The molecular formula is C16H12ClNO. The Morgan fingerprint density at radius 2 is 1.74 bits per heavy atom. The van der Waals surface area contributed by atoms with Gasteiger partial charge in [-0.25, -0.2) is 0 Å². The SMILES string of the molecule is Cc1ccc2ccc(Cl)c(-c3ccccc3O)c2n1. The molecule has 0 saturated heterocycles. The first-order chi connectivity index (χ1) is 9.16. The summed E-state index contributed by atoms with van der Waals surface area (Å²) in [5.74, 6) is 0.209. The van der Waals surface area contributed by atoms with Gasteiger partial charge in [0.1, 0.15) is 5.75 Å². The molecule has 3 rings (SSSR count). The van der Waals surface area contributed by atoms with Crippen LogP contribution in [0.25, 0.3) is 22.0 Å². The van der Waals surface area contributed by atoms with Gasteiger partial charge in [0.05, 0.1) is 10.5 Å². The van der Waals surface area contributed by atoms with Crippen molar-refractivity contribution in [1.29, 1.82) is 0 Å². The van der Waals surface area contributed by atoms with Gasteiger partial charge >= 0.3 is 0 Å². The molecule has 0 radical (unpaired) electrons. The average molecular weight is 270 g/mol. The number of hydrogen-bond donors (Lipinski definition) is 1. The lowest BCUT2D eigenvalue weighted by molar-refractivity contribution is 0.477. The van der Waals surface area contributed by atoms with Crippen molar-refractivity contribution in [3.8, 4) is 16.9 Å². The van der Waals surface area contributed by atoms with Gasteiger partial charge in [-0.3, -0.25) is 4.98 Å². The van der Waals surface area contributed by atoms with Gasteiger partial charge in [0.15, 0.2) is 0 Å². The number of nitrogens with zero attached hydrogens (tertiary/aromatic N) is 1. The lowest BCUT2D eigenvalue weighted by atomic mass is 10.0. The van der Waals surface area contributed by atoms with Crippen molar-refractivity contribution in [3.05, 3.63) is 59.2 Å². The fourth-order valence-electron chi connectivity index (χ4n) is 2.20. The quantitative estimate of drug-likeness (QED) is 0.702. The smallest absolute Gasteiger partial charge is 0.123 e. The molecule has 2 aromatic carbocycles. The minimum absolute atomic E-state index is 0.209. The lowest BCUT2D eigenvalue weighted by Gasteiger charge is -2.10. The van der Waals surface area contributed by atoms with E-state index in [2.05, 4.69) is 4.98 Å². The summed E-state index contributed by atoms with van der Waals surface area (Å²) in [5, 5.41) is 11.6. The highest BCUT2D eigenvalue weighted by atomic mass is 35.5. The molecule has 0 aliphatic rings. The van der Waals surface area contributed by atoms with Crippen molar-refractivity contribution < 1.29 is 5.11 Å². The van der Waals surface area contributed by atoms with Gasteiger partial charge in [-0.2, -0.15) is 0 Å². The maximum Gasteiger partial charge on any atom is 0.123 e. The molecule has 0 aliphatic carbocycles. The van der Waals surface area contributed by atoms with Gasteiger partial charge in [-0.1, -0.05) is 41.9 Å². The summed E-state index contributed by atoms with van der Waals surface area (Å²) in [7, 11) is 0. The second kappa shape index (κ2) is 4.56. The summed E-state index contributed by atoms with van der Waals surface area (Å²) in [6, 6.07) is 14.9. The first-order valence-corrected chi connectivity index (χ1v) is 6.39. The number of halogens is 1. The van der Waals surface area contributed by atoms with Crippen molar-refractivity contribution in [2.75, 3.05) is 0 Å². The van der Waals surface area contributed by atoms with Crippen molar-refractivity contribution in [2.45, 2.75) is 6.92 Å². The van der Waals surface area contributed by atoms with E-state index in [0.29, 0.717) is 10.6 Å². The Bertz CT molecular complexity index is 763. The number of benzene rings is 2. The highest BCUT2D eigenvalue weighted by molar-refractivity contribution is 6.35. The predicted octanol–water partition coefficient (Wildman–Crippen LogP) is 4.57. The van der Waals surface area contributed by atoms with Crippen molar-refractivity contribution in [2.24, 2.45) is 0 Å². The molecule has 0 aliphatic heterocycles. The van der Waals surface area contributed by atoms with Crippen molar-refractivity contribution in [3.63, 3.8) is 0 Å². The van der Waals surface area contributed by atoms with Crippen molar-refractivity contribution in [1.82, 2.24) is 4.98 Å². The van der Waals surface area contributed by atoms with Crippen LogP contribution in [0.1, 0.15) is 5.69 Å². The van der Waals surface area contributed by atoms with E-state index in [-0.39, 0.29) is 5.75 Å². The van der Waals surface area contributed by atoms with Crippen LogP contribution in [0.3, 0.4) is 0 Å². The van der Waals surface area contributed by atoms with Crippen LogP contribution in [0.2, 0.25) is 5.02 Å². The Morgan fingerprint density at radius 3 is 2.53 bits per heavy atom. The van der Waals surface area contributed by atoms with E-state index in [9.17, 15) is 5.11 Å². The van der Waals surface area contributed by atoms with Crippen LogP contribution in [-0.2, 0) is 0 Å². The van der Waals surface area contributed by atoms with Gasteiger partial charge in [0.25, 0.3) is 0 Å². The molecule has 2 nitrogen and oxygen atoms in total.